The van der Waals surface area contributed by atoms with Gasteiger partial charge in [-0.05, 0) is 17.7 Å². The molecule has 1 aliphatic heterocycles. The van der Waals surface area contributed by atoms with Crippen LogP contribution in [0.2, 0.25) is 0 Å². The van der Waals surface area contributed by atoms with Crippen molar-refractivity contribution in [3.63, 3.8) is 0 Å². The molecule has 2 unspecified atom stereocenters. The minimum Gasteiger partial charge on any atom is -0.497 e. The summed E-state index contributed by atoms with van der Waals surface area (Å²) in [6.07, 6.45) is 0.438. The van der Waals surface area contributed by atoms with Gasteiger partial charge in [-0.2, -0.15) is 0 Å². The van der Waals surface area contributed by atoms with Gasteiger partial charge in [0.25, 0.3) is 0 Å². The second-order valence-corrected chi connectivity index (χ2v) is 3.43. The number of methoxy groups -OCH3 is 1. The topological polar surface area (TPSA) is 21.8 Å². The summed E-state index contributed by atoms with van der Waals surface area (Å²) in [5.74, 6) is 1.42. The van der Waals surface area contributed by atoms with E-state index in [2.05, 4.69) is 19.1 Å². The molecule has 0 radical (unpaired) electrons. The van der Waals surface area contributed by atoms with Crippen LogP contribution >= 0.6 is 0 Å². The Hall–Kier alpha value is -1.02. The number of hydrogen-bond donors (Lipinski definition) is 0. The Morgan fingerprint density at radius 1 is 1.38 bits per heavy atom. The number of ether oxygens (including phenoxy) is 2. The molecular formula is C11H14O2. The van der Waals surface area contributed by atoms with Gasteiger partial charge in [-0.15, -0.1) is 0 Å². The first-order chi connectivity index (χ1) is 6.31. The lowest BCUT2D eigenvalue weighted by atomic mass is 9.98. The number of epoxide rings is 1. The van der Waals surface area contributed by atoms with Gasteiger partial charge in [-0.1, -0.05) is 19.1 Å². The third kappa shape index (κ3) is 1.83. The third-order valence-corrected chi connectivity index (χ3v) is 2.56. The summed E-state index contributed by atoms with van der Waals surface area (Å²) in [5.41, 5.74) is 1.32. The van der Waals surface area contributed by atoms with Crippen LogP contribution in [0.1, 0.15) is 18.4 Å². The van der Waals surface area contributed by atoms with E-state index < -0.39 is 0 Å². The van der Waals surface area contributed by atoms with Crippen molar-refractivity contribution in [3.8, 4) is 5.75 Å². The summed E-state index contributed by atoms with van der Waals surface area (Å²) in [7, 11) is 1.68. The highest BCUT2D eigenvalue weighted by molar-refractivity contribution is 5.30. The summed E-state index contributed by atoms with van der Waals surface area (Å²) in [6.45, 7) is 3.10. The maximum absolute atomic E-state index is 5.25. The molecule has 2 heteroatoms. The molecule has 1 saturated heterocycles. The molecule has 1 heterocycles. The number of rotatable bonds is 3. The van der Waals surface area contributed by atoms with Crippen molar-refractivity contribution in [1.82, 2.24) is 0 Å². The summed E-state index contributed by atoms with van der Waals surface area (Å²) in [6, 6.07) is 8.19. The van der Waals surface area contributed by atoms with Gasteiger partial charge < -0.3 is 9.47 Å². The molecule has 0 amide bonds. The Kier molecular flexibility index (Phi) is 2.23. The maximum atomic E-state index is 5.25. The average Bonchev–Trinajstić information content (AvgIpc) is 3.00. The predicted octanol–water partition coefficient (Wildman–Crippen LogP) is 2.20. The van der Waals surface area contributed by atoms with Crippen molar-refractivity contribution in [2.24, 2.45) is 0 Å². The van der Waals surface area contributed by atoms with E-state index in [4.69, 9.17) is 9.47 Å². The van der Waals surface area contributed by atoms with Crippen molar-refractivity contribution in [3.05, 3.63) is 29.8 Å². The van der Waals surface area contributed by atoms with Crippen molar-refractivity contribution >= 4 is 0 Å². The normalized spacial score (nSPS) is 22.5. The molecule has 0 spiro atoms. The van der Waals surface area contributed by atoms with Gasteiger partial charge in [-0.3, -0.25) is 0 Å². The highest BCUT2D eigenvalue weighted by atomic mass is 16.6. The van der Waals surface area contributed by atoms with Gasteiger partial charge in [0.05, 0.1) is 19.8 Å². The predicted molar refractivity (Wildman–Crippen MR) is 51.1 cm³/mol. The van der Waals surface area contributed by atoms with Crippen LogP contribution in [0, 0.1) is 0 Å². The lowest BCUT2D eigenvalue weighted by Crippen LogP contribution is -2.00. The molecule has 0 N–H and O–H groups in total. The highest BCUT2D eigenvalue weighted by Gasteiger charge is 2.30. The fourth-order valence-corrected chi connectivity index (χ4v) is 1.47. The first-order valence-electron chi connectivity index (χ1n) is 4.57. The smallest absolute Gasteiger partial charge is 0.118 e. The monoisotopic (exact) mass is 178 g/mol. The molecule has 1 aromatic carbocycles. The second-order valence-electron chi connectivity index (χ2n) is 3.43. The standard InChI is InChI=1S/C11H14O2/c1-8(11-7-13-11)9-3-5-10(12-2)6-4-9/h3-6,8,11H,7H2,1-2H3. The van der Waals surface area contributed by atoms with E-state index in [1.165, 1.54) is 5.56 Å². The molecule has 2 nitrogen and oxygen atoms in total. The summed E-state index contributed by atoms with van der Waals surface area (Å²) >= 11 is 0. The Morgan fingerprint density at radius 3 is 2.46 bits per heavy atom. The van der Waals surface area contributed by atoms with Crippen LogP contribution in [-0.4, -0.2) is 19.8 Å². The van der Waals surface area contributed by atoms with E-state index in [-0.39, 0.29) is 0 Å². The van der Waals surface area contributed by atoms with Gasteiger partial charge in [0.1, 0.15) is 5.75 Å². The van der Waals surface area contributed by atoms with Gasteiger partial charge in [0, 0.05) is 5.92 Å². The second kappa shape index (κ2) is 3.38. The SMILES string of the molecule is COc1ccc(C(C)C2CO2)cc1. The fourth-order valence-electron chi connectivity index (χ4n) is 1.47. The van der Waals surface area contributed by atoms with Crippen LogP contribution in [-0.2, 0) is 4.74 Å². The minimum absolute atomic E-state index is 0.438. The average molecular weight is 178 g/mol. The van der Waals surface area contributed by atoms with Crippen LogP contribution < -0.4 is 4.74 Å². The number of benzene rings is 1. The fraction of sp³-hybridized carbons (Fsp3) is 0.455. The van der Waals surface area contributed by atoms with Crippen molar-refractivity contribution in [2.75, 3.05) is 13.7 Å². The molecule has 0 aromatic heterocycles. The Bertz CT molecular complexity index is 275. The Balaban J connectivity index is 2.11. The zero-order valence-electron chi connectivity index (χ0n) is 7.99. The van der Waals surface area contributed by atoms with Crippen LogP contribution in [0.25, 0.3) is 0 Å². The first kappa shape index (κ1) is 8.57. The highest BCUT2D eigenvalue weighted by Crippen LogP contribution is 2.29. The number of hydrogen-bond acceptors (Lipinski definition) is 2. The van der Waals surface area contributed by atoms with Crippen molar-refractivity contribution < 1.29 is 9.47 Å². The minimum atomic E-state index is 0.438. The Labute approximate surface area is 78.5 Å². The van der Waals surface area contributed by atoms with Gasteiger partial charge in [0.2, 0.25) is 0 Å². The molecule has 0 bridgehead atoms. The molecule has 2 rings (SSSR count). The molecule has 0 aliphatic carbocycles. The molecule has 70 valence electrons. The van der Waals surface area contributed by atoms with Crippen molar-refractivity contribution in [1.29, 1.82) is 0 Å². The maximum Gasteiger partial charge on any atom is 0.118 e. The lowest BCUT2D eigenvalue weighted by molar-refractivity contribution is 0.381. The zero-order chi connectivity index (χ0) is 9.26. The molecule has 1 aliphatic rings. The molecule has 1 aromatic rings. The molecular weight excluding hydrogens is 164 g/mol. The molecule has 0 saturated carbocycles. The summed E-state index contributed by atoms with van der Waals surface area (Å²) in [5, 5.41) is 0. The lowest BCUT2D eigenvalue weighted by Gasteiger charge is -2.08. The first-order valence-corrected chi connectivity index (χ1v) is 4.57. The summed E-state index contributed by atoms with van der Waals surface area (Å²) < 4.78 is 10.3. The summed E-state index contributed by atoms with van der Waals surface area (Å²) in [4.78, 5) is 0. The van der Waals surface area contributed by atoms with Gasteiger partial charge >= 0.3 is 0 Å². The van der Waals surface area contributed by atoms with Crippen molar-refractivity contribution in [2.45, 2.75) is 18.9 Å². The zero-order valence-corrected chi connectivity index (χ0v) is 7.99. The van der Waals surface area contributed by atoms with E-state index in [9.17, 15) is 0 Å². The van der Waals surface area contributed by atoms with Crippen LogP contribution in [0.4, 0.5) is 0 Å². The van der Waals surface area contributed by atoms with Gasteiger partial charge in [0.15, 0.2) is 0 Å². The molecule has 13 heavy (non-hydrogen) atoms. The van der Waals surface area contributed by atoms with E-state index in [0.29, 0.717) is 12.0 Å². The van der Waals surface area contributed by atoms with Crippen LogP contribution in [0.15, 0.2) is 24.3 Å². The van der Waals surface area contributed by atoms with Crippen LogP contribution in [0.3, 0.4) is 0 Å². The van der Waals surface area contributed by atoms with E-state index in [1.807, 2.05) is 12.1 Å². The molecule has 1 fully saturated rings. The third-order valence-electron chi connectivity index (χ3n) is 2.56. The van der Waals surface area contributed by atoms with Gasteiger partial charge in [-0.25, -0.2) is 0 Å². The Morgan fingerprint density at radius 2 is 2.00 bits per heavy atom. The largest absolute Gasteiger partial charge is 0.497 e. The van der Waals surface area contributed by atoms with E-state index in [0.717, 1.165) is 12.4 Å². The van der Waals surface area contributed by atoms with E-state index >= 15 is 0 Å². The quantitative estimate of drug-likeness (QED) is 0.662. The van der Waals surface area contributed by atoms with Crippen LogP contribution in [0.5, 0.6) is 5.75 Å². The van der Waals surface area contributed by atoms with E-state index in [1.54, 1.807) is 7.11 Å². The molecule has 2 atom stereocenters.